The molecule has 4 nitrogen and oxygen atoms in total. The van der Waals surface area contributed by atoms with Gasteiger partial charge in [-0.2, -0.15) is 13.2 Å². The van der Waals surface area contributed by atoms with Gasteiger partial charge in [0.2, 0.25) is 0 Å². The van der Waals surface area contributed by atoms with Gasteiger partial charge in [0.05, 0.1) is 29.4 Å². The smallest absolute Gasteiger partial charge is 0.416 e. The van der Waals surface area contributed by atoms with Gasteiger partial charge in [-0.15, -0.1) is 0 Å². The van der Waals surface area contributed by atoms with Gasteiger partial charge in [-0.05, 0) is 54.7 Å². The number of halogens is 3. The van der Waals surface area contributed by atoms with Crippen LogP contribution in [0.1, 0.15) is 40.2 Å². The molecule has 0 N–H and O–H groups in total. The Morgan fingerprint density at radius 3 is 2.40 bits per heavy atom. The molecule has 1 saturated heterocycles. The zero-order chi connectivity index (χ0) is 21.3. The monoisotopic (exact) mass is 415 g/mol. The van der Waals surface area contributed by atoms with Crippen molar-refractivity contribution >= 4 is 16.9 Å². The number of aromatic nitrogens is 1. The van der Waals surface area contributed by atoms with Crippen LogP contribution in [0.2, 0.25) is 0 Å². The lowest BCUT2D eigenvalue weighted by atomic mass is 9.88. The van der Waals surface area contributed by atoms with Gasteiger partial charge >= 0.3 is 12.1 Å². The highest BCUT2D eigenvalue weighted by molar-refractivity contribution is 5.95. The van der Waals surface area contributed by atoms with Gasteiger partial charge < -0.3 is 9.47 Å². The predicted molar refractivity (Wildman–Crippen MR) is 106 cm³/mol. The standard InChI is InChI=1S/C23H20F3NO3/c1-29-22(28)16-4-7-18-19(14-8-10-30-11-9-14)13-20(27-21(18)12-16)15-2-5-17(6-3-15)23(24,25)26/h2-7,12-14H,8-11H2,1H3. The number of alkyl halides is 3. The summed E-state index contributed by atoms with van der Waals surface area (Å²) in [5.41, 5.74) is 2.50. The number of carbonyl (C=O) groups is 1. The quantitative estimate of drug-likeness (QED) is 0.523. The van der Waals surface area contributed by atoms with Gasteiger partial charge in [0, 0.05) is 24.2 Å². The minimum absolute atomic E-state index is 0.251. The van der Waals surface area contributed by atoms with Crippen molar-refractivity contribution in [3.8, 4) is 11.3 Å². The summed E-state index contributed by atoms with van der Waals surface area (Å²) in [6, 6.07) is 12.1. The second kappa shape index (κ2) is 8.07. The number of ether oxygens (including phenoxy) is 2. The molecule has 3 aromatic rings. The molecule has 2 heterocycles. The fourth-order valence-corrected chi connectivity index (χ4v) is 3.82. The average molecular weight is 415 g/mol. The van der Waals surface area contributed by atoms with Crippen molar-refractivity contribution in [1.29, 1.82) is 0 Å². The number of carbonyl (C=O) groups excluding carboxylic acids is 1. The Balaban J connectivity index is 1.85. The molecule has 1 aliphatic heterocycles. The van der Waals surface area contributed by atoms with Crippen LogP contribution in [0.4, 0.5) is 13.2 Å². The van der Waals surface area contributed by atoms with E-state index in [1.54, 1.807) is 12.1 Å². The highest BCUT2D eigenvalue weighted by atomic mass is 19.4. The van der Waals surface area contributed by atoms with Crippen LogP contribution in [0.3, 0.4) is 0 Å². The molecule has 0 unspecified atom stereocenters. The van der Waals surface area contributed by atoms with Crippen molar-refractivity contribution in [2.75, 3.05) is 20.3 Å². The van der Waals surface area contributed by atoms with Crippen molar-refractivity contribution in [1.82, 2.24) is 4.98 Å². The van der Waals surface area contributed by atoms with E-state index in [1.165, 1.54) is 19.2 Å². The maximum absolute atomic E-state index is 12.9. The number of pyridine rings is 1. The molecule has 0 aliphatic carbocycles. The number of esters is 1. The minimum atomic E-state index is -4.39. The third kappa shape index (κ3) is 4.03. The number of fused-ring (bicyclic) bond motifs is 1. The van der Waals surface area contributed by atoms with Crippen LogP contribution in [-0.4, -0.2) is 31.3 Å². The second-order valence-corrected chi connectivity index (χ2v) is 7.28. The van der Waals surface area contributed by atoms with E-state index < -0.39 is 17.7 Å². The van der Waals surface area contributed by atoms with Crippen LogP contribution in [0, 0.1) is 0 Å². The third-order valence-electron chi connectivity index (χ3n) is 5.43. The largest absolute Gasteiger partial charge is 0.465 e. The van der Waals surface area contributed by atoms with Crippen LogP contribution in [0.5, 0.6) is 0 Å². The highest BCUT2D eigenvalue weighted by Crippen LogP contribution is 2.36. The van der Waals surface area contributed by atoms with Gasteiger partial charge in [-0.1, -0.05) is 18.2 Å². The lowest BCUT2D eigenvalue weighted by Gasteiger charge is -2.24. The normalized spacial score (nSPS) is 15.3. The number of hydrogen-bond donors (Lipinski definition) is 0. The Morgan fingerprint density at radius 1 is 1.07 bits per heavy atom. The molecular weight excluding hydrogens is 395 g/mol. The van der Waals surface area contributed by atoms with Crippen molar-refractivity contribution < 1.29 is 27.4 Å². The molecule has 156 valence electrons. The SMILES string of the molecule is COC(=O)c1ccc2c(C3CCOCC3)cc(-c3ccc(C(F)(F)F)cc3)nc2c1. The fourth-order valence-electron chi connectivity index (χ4n) is 3.82. The molecular formula is C23H20F3NO3. The summed E-state index contributed by atoms with van der Waals surface area (Å²) in [5.74, 6) is -0.215. The average Bonchev–Trinajstić information content (AvgIpc) is 2.77. The first kappa shape index (κ1) is 20.3. The van der Waals surface area contributed by atoms with E-state index in [0.29, 0.717) is 35.6 Å². The van der Waals surface area contributed by atoms with E-state index in [9.17, 15) is 18.0 Å². The molecule has 2 aromatic carbocycles. The van der Waals surface area contributed by atoms with Crippen LogP contribution in [0.25, 0.3) is 22.2 Å². The molecule has 0 radical (unpaired) electrons. The number of hydrogen-bond acceptors (Lipinski definition) is 4. The van der Waals surface area contributed by atoms with Gasteiger partial charge in [-0.3, -0.25) is 0 Å². The Kier molecular flexibility index (Phi) is 5.47. The summed E-state index contributed by atoms with van der Waals surface area (Å²) >= 11 is 0. The summed E-state index contributed by atoms with van der Waals surface area (Å²) in [5, 5.41) is 0.921. The zero-order valence-electron chi connectivity index (χ0n) is 16.3. The Morgan fingerprint density at radius 2 is 1.77 bits per heavy atom. The summed E-state index contributed by atoms with van der Waals surface area (Å²) in [6.07, 6.45) is -2.69. The van der Waals surface area contributed by atoms with E-state index in [2.05, 4.69) is 4.98 Å². The first-order valence-electron chi connectivity index (χ1n) is 9.65. The molecule has 1 aliphatic rings. The first-order valence-corrected chi connectivity index (χ1v) is 9.65. The van der Waals surface area contributed by atoms with Crippen LogP contribution in [-0.2, 0) is 15.7 Å². The van der Waals surface area contributed by atoms with Crippen molar-refractivity contribution in [2.45, 2.75) is 24.9 Å². The van der Waals surface area contributed by atoms with E-state index in [4.69, 9.17) is 9.47 Å². The third-order valence-corrected chi connectivity index (χ3v) is 5.43. The molecule has 1 fully saturated rings. The number of rotatable bonds is 3. The van der Waals surface area contributed by atoms with E-state index in [1.807, 2.05) is 12.1 Å². The lowest BCUT2D eigenvalue weighted by Crippen LogP contribution is -2.15. The van der Waals surface area contributed by atoms with Crippen LogP contribution < -0.4 is 0 Å². The Labute approximate surface area is 171 Å². The number of nitrogens with zero attached hydrogens (tertiary/aromatic N) is 1. The Hall–Kier alpha value is -2.93. The molecule has 0 bridgehead atoms. The van der Waals surface area contributed by atoms with Crippen LogP contribution >= 0.6 is 0 Å². The number of methoxy groups -OCH3 is 1. The van der Waals surface area contributed by atoms with Gasteiger partial charge in [-0.25, -0.2) is 9.78 Å². The number of benzene rings is 2. The van der Waals surface area contributed by atoms with Crippen molar-refractivity contribution in [3.63, 3.8) is 0 Å². The van der Waals surface area contributed by atoms with Crippen LogP contribution in [0.15, 0.2) is 48.5 Å². The van der Waals surface area contributed by atoms with Gasteiger partial charge in [0.1, 0.15) is 0 Å². The molecule has 0 atom stereocenters. The lowest BCUT2D eigenvalue weighted by molar-refractivity contribution is -0.137. The summed E-state index contributed by atoms with van der Waals surface area (Å²) in [7, 11) is 1.31. The second-order valence-electron chi connectivity index (χ2n) is 7.28. The molecule has 4 rings (SSSR count). The van der Waals surface area contributed by atoms with E-state index >= 15 is 0 Å². The maximum Gasteiger partial charge on any atom is 0.416 e. The predicted octanol–water partition coefficient (Wildman–Crippen LogP) is 5.60. The van der Waals surface area contributed by atoms with E-state index in [0.717, 1.165) is 35.9 Å². The molecule has 0 amide bonds. The van der Waals surface area contributed by atoms with Crippen molar-refractivity contribution in [2.24, 2.45) is 0 Å². The molecule has 0 saturated carbocycles. The summed E-state index contributed by atoms with van der Waals surface area (Å²) in [4.78, 5) is 16.6. The molecule has 7 heteroatoms. The summed E-state index contributed by atoms with van der Waals surface area (Å²) in [6.45, 7) is 1.31. The minimum Gasteiger partial charge on any atom is -0.465 e. The highest BCUT2D eigenvalue weighted by Gasteiger charge is 2.30. The molecule has 30 heavy (non-hydrogen) atoms. The maximum atomic E-state index is 12.9. The molecule has 1 aromatic heterocycles. The molecule has 0 spiro atoms. The van der Waals surface area contributed by atoms with Gasteiger partial charge in [0.25, 0.3) is 0 Å². The zero-order valence-corrected chi connectivity index (χ0v) is 16.3. The fraction of sp³-hybridized carbons (Fsp3) is 0.304. The first-order chi connectivity index (χ1) is 14.4. The Bertz CT molecular complexity index is 1070. The van der Waals surface area contributed by atoms with Gasteiger partial charge in [0.15, 0.2) is 0 Å². The topological polar surface area (TPSA) is 48.4 Å². The summed E-state index contributed by atoms with van der Waals surface area (Å²) < 4.78 is 49.0. The van der Waals surface area contributed by atoms with Crippen molar-refractivity contribution in [3.05, 3.63) is 65.2 Å². The van der Waals surface area contributed by atoms with E-state index in [-0.39, 0.29) is 5.92 Å².